The highest BCUT2D eigenvalue weighted by atomic mass is 16.3. The van der Waals surface area contributed by atoms with Gasteiger partial charge in [0.1, 0.15) is 5.75 Å². The predicted molar refractivity (Wildman–Crippen MR) is 115 cm³/mol. The van der Waals surface area contributed by atoms with Crippen LogP contribution in [0, 0.1) is 6.92 Å². The summed E-state index contributed by atoms with van der Waals surface area (Å²) in [6.07, 6.45) is 5.87. The van der Waals surface area contributed by atoms with Gasteiger partial charge in [-0.15, -0.1) is 0 Å². The number of phenols is 1. The Morgan fingerprint density at radius 2 is 2.00 bits per heavy atom. The molecule has 8 heteroatoms. The van der Waals surface area contributed by atoms with Crippen molar-refractivity contribution in [1.82, 2.24) is 19.5 Å². The Bertz CT molecular complexity index is 992. The number of benzene rings is 1. The minimum Gasteiger partial charge on any atom is -0.507 e. The van der Waals surface area contributed by atoms with Gasteiger partial charge in [-0.1, -0.05) is 18.2 Å². The molecule has 29 heavy (non-hydrogen) atoms. The topological polar surface area (TPSA) is 114 Å². The standard InChI is InChI=1S/C21H29N7O/c1-3-28-12-24-17-19(23-11-14-6-4-5-13(2)18(14)29)26-21(27-20(17)28)25-16-9-7-15(22)8-10-16/h4-6,12,15-16,29H,3,7-11,22H2,1-2H3,(H2,23,25,26,27). The van der Waals surface area contributed by atoms with E-state index in [0.717, 1.165) is 54.5 Å². The van der Waals surface area contributed by atoms with Crippen LogP contribution in [-0.2, 0) is 13.1 Å². The molecule has 154 valence electrons. The highest BCUT2D eigenvalue weighted by Crippen LogP contribution is 2.26. The van der Waals surface area contributed by atoms with E-state index in [2.05, 4.69) is 22.5 Å². The van der Waals surface area contributed by atoms with Gasteiger partial charge in [0, 0.05) is 30.7 Å². The summed E-state index contributed by atoms with van der Waals surface area (Å²) in [7, 11) is 0. The van der Waals surface area contributed by atoms with Crippen LogP contribution in [0.4, 0.5) is 11.8 Å². The van der Waals surface area contributed by atoms with Crippen LogP contribution in [0.5, 0.6) is 5.75 Å². The van der Waals surface area contributed by atoms with Crippen LogP contribution in [0.3, 0.4) is 0 Å². The summed E-state index contributed by atoms with van der Waals surface area (Å²) < 4.78 is 2.01. The van der Waals surface area contributed by atoms with Gasteiger partial charge < -0.3 is 26.0 Å². The third kappa shape index (κ3) is 4.12. The lowest BCUT2D eigenvalue weighted by Gasteiger charge is -2.26. The molecular formula is C21H29N7O. The Hall–Kier alpha value is -2.87. The maximum absolute atomic E-state index is 10.3. The van der Waals surface area contributed by atoms with Gasteiger partial charge in [0.15, 0.2) is 17.0 Å². The number of anilines is 2. The number of aromatic hydroxyl groups is 1. The first kappa shape index (κ1) is 19.4. The lowest BCUT2D eigenvalue weighted by atomic mass is 9.92. The molecule has 0 radical (unpaired) electrons. The molecule has 0 unspecified atom stereocenters. The lowest BCUT2D eigenvalue weighted by molar-refractivity contribution is 0.410. The molecule has 4 rings (SSSR count). The molecule has 0 aliphatic heterocycles. The molecule has 8 nitrogen and oxygen atoms in total. The van der Waals surface area contributed by atoms with E-state index < -0.39 is 0 Å². The van der Waals surface area contributed by atoms with Crippen molar-refractivity contribution in [3.8, 4) is 5.75 Å². The lowest BCUT2D eigenvalue weighted by Crippen LogP contribution is -2.33. The minimum atomic E-state index is 0.303. The van der Waals surface area contributed by atoms with Gasteiger partial charge in [-0.05, 0) is 45.1 Å². The van der Waals surface area contributed by atoms with E-state index in [1.54, 1.807) is 6.33 Å². The second kappa shape index (κ2) is 8.24. The van der Waals surface area contributed by atoms with Crippen LogP contribution >= 0.6 is 0 Å². The smallest absolute Gasteiger partial charge is 0.227 e. The largest absolute Gasteiger partial charge is 0.507 e. The summed E-state index contributed by atoms with van der Waals surface area (Å²) in [5, 5.41) is 17.1. The molecular weight excluding hydrogens is 366 g/mol. The number of aromatic nitrogens is 4. The van der Waals surface area contributed by atoms with Gasteiger partial charge in [-0.3, -0.25) is 0 Å². The second-order valence-corrected chi connectivity index (χ2v) is 7.79. The van der Waals surface area contributed by atoms with E-state index in [-0.39, 0.29) is 0 Å². The van der Waals surface area contributed by atoms with Crippen molar-refractivity contribution in [2.45, 2.75) is 64.7 Å². The number of fused-ring (bicyclic) bond motifs is 1. The molecule has 2 heterocycles. The SMILES string of the molecule is CCn1cnc2c(NCc3cccc(C)c3O)nc(NC3CCC(N)CC3)nc21. The highest BCUT2D eigenvalue weighted by Gasteiger charge is 2.20. The summed E-state index contributed by atoms with van der Waals surface area (Å²) in [6, 6.07) is 6.37. The van der Waals surface area contributed by atoms with E-state index >= 15 is 0 Å². The van der Waals surface area contributed by atoms with Gasteiger partial charge in [0.05, 0.1) is 6.33 Å². The number of nitrogens with zero attached hydrogens (tertiary/aromatic N) is 4. The third-order valence-corrected chi connectivity index (χ3v) is 5.68. The number of nitrogens with one attached hydrogen (secondary N) is 2. The number of para-hydroxylation sites is 1. The van der Waals surface area contributed by atoms with Gasteiger partial charge in [0.2, 0.25) is 5.95 Å². The second-order valence-electron chi connectivity index (χ2n) is 7.79. The molecule has 1 aliphatic carbocycles. The number of imidazole rings is 1. The van der Waals surface area contributed by atoms with Crippen LogP contribution in [0.1, 0.15) is 43.7 Å². The van der Waals surface area contributed by atoms with Crippen molar-refractivity contribution in [2.24, 2.45) is 5.73 Å². The fourth-order valence-corrected chi connectivity index (χ4v) is 3.85. The number of rotatable bonds is 6. The molecule has 0 bridgehead atoms. The molecule has 0 atom stereocenters. The first-order valence-corrected chi connectivity index (χ1v) is 10.3. The first-order valence-electron chi connectivity index (χ1n) is 10.3. The zero-order valence-electron chi connectivity index (χ0n) is 17.0. The predicted octanol–water partition coefficient (Wildman–Crippen LogP) is 3.15. The van der Waals surface area contributed by atoms with Crippen LogP contribution in [0.15, 0.2) is 24.5 Å². The zero-order valence-corrected chi connectivity index (χ0v) is 17.0. The van der Waals surface area contributed by atoms with Crippen molar-refractivity contribution in [1.29, 1.82) is 0 Å². The van der Waals surface area contributed by atoms with Crippen molar-refractivity contribution in [2.75, 3.05) is 10.6 Å². The number of hydrogen-bond acceptors (Lipinski definition) is 7. The average molecular weight is 396 g/mol. The molecule has 1 aromatic carbocycles. The van der Waals surface area contributed by atoms with Gasteiger partial charge in [0.25, 0.3) is 0 Å². The summed E-state index contributed by atoms with van der Waals surface area (Å²) in [4.78, 5) is 13.9. The number of aryl methyl sites for hydroxylation is 2. The normalized spacial score (nSPS) is 19.4. The number of hydrogen-bond donors (Lipinski definition) is 4. The van der Waals surface area contributed by atoms with E-state index in [0.29, 0.717) is 36.1 Å². The highest BCUT2D eigenvalue weighted by molar-refractivity contribution is 5.84. The van der Waals surface area contributed by atoms with Crippen LogP contribution < -0.4 is 16.4 Å². The maximum Gasteiger partial charge on any atom is 0.227 e. The zero-order chi connectivity index (χ0) is 20.4. The van der Waals surface area contributed by atoms with Crippen molar-refractivity contribution in [3.63, 3.8) is 0 Å². The Morgan fingerprint density at radius 1 is 1.21 bits per heavy atom. The molecule has 0 spiro atoms. The molecule has 2 aromatic heterocycles. The molecule has 5 N–H and O–H groups in total. The Kier molecular flexibility index (Phi) is 5.53. The van der Waals surface area contributed by atoms with Gasteiger partial charge in [-0.25, -0.2) is 4.98 Å². The summed E-state index contributed by atoms with van der Waals surface area (Å²) in [5.41, 5.74) is 9.23. The van der Waals surface area contributed by atoms with Gasteiger partial charge >= 0.3 is 0 Å². The van der Waals surface area contributed by atoms with E-state index in [1.165, 1.54) is 0 Å². The van der Waals surface area contributed by atoms with E-state index in [1.807, 2.05) is 29.7 Å². The minimum absolute atomic E-state index is 0.303. The summed E-state index contributed by atoms with van der Waals surface area (Å²) >= 11 is 0. The van der Waals surface area contributed by atoms with E-state index in [9.17, 15) is 5.11 Å². The van der Waals surface area contributed by atoms with Gasteiger partial charge in [-0.2, -0.15) is 9.97 Å². The van der Waals surface area contributed by atoms with Crippen molar-refractivity contribution in [3.05, 3.63) is 35.7 Å². The quantitative estimate of drug-likeness (QED) is 0.507. The maximum atomic E-state index is 10.3. The molecule has 0 saturated heterocycles. The van der Waals surface area contributed by atoms with Crippen LogP contribution in [0.2, 0.25) is 0 Å². The van der Waals surface area contributed by atoms with Crippen LogP contribution in [-0.4, -0.2) is 36.7 Å². The van der Waals surface area contributed by atoms with Crippen molar-refractivity contribution >= 4 is 22.9 Å². The monoisotopic (exact) mass is 395 g/mol. The summed E-state index contributed by atoms with van der Waals surface area (Å²) in [6.45, 7) is 5.19. The molecule has 1 saturated carbocycles. The fraction of sp³-hybridized carbons (Fsp3) is 0.476. The Balaban J connectivity index is 1.61. The fourth-order valence-electron chi connectivity index (χ4n) is 3.85. The van der Waals surface area contributed by atoms with Crippen molar-refractivity contribution < 1.29 is 5.11 Å². The molecule has 1 fully saturated rings. The molecule has 1 aliphatic rings. The van der Waals surface area contributed by atoms with Crippen LogP contribution in [0.25, 0.3) is 11.2 Å². The number of nitrogens with two attached hydrogens (primary N) is 1. The molecule has 3 aromatic rings. The Labute approximate surface area is 170 Å². The number of phenolic OH excluding ortho intramolecular Hbond substituents is 1. The third-order valence-electron chi connectivity index (χ3n) is 5.68. The Morgan fingerprint density at radius 3 is 2.76 bits per heavy atom. The average Bonchev–Trinajstić information content (AvgIpc) is 3.14. The summed E-state index contributed by atoms with van der Waals surface area (Å²) in [5.74, 6) is 1.57. The van der Waals surface area contributed by atoms with E-state index in [4.69, 9.17) is 15.7 Å². The molecule has 0 amide bonds. The first-order chi connectivity index (χ1) is 14.0.